The summed E-state index contributed by atoms with van der Waals surface area (Å²) in [5, 5.41) is 0.738. The molecule has 0 bridgehead atoms. The zero-order chi connectivity index (χ0) is 11.8. The van der Waals surface area contributed by atoms with E-state index in [0.717, 1.165) is 33.0 Å². The molecule has 0 fully saturated rings. The number of nitrogens with zero attached hydrogens (tertiary/aromatic N) is 2. The molecule has 2 aromatic heterocycles. The highest BCUT2D eigenvalue weighted by Gasteiger charge is 2.07. The molecule has 3 nitrogen and oxygen atoms in total. The standard InChI is InChI=1S/C13H10ClN3/c1-8-5-11-12(6-10(8)14)17-13(16-11)9-3-2-4-15-7-9/h2-7H,1H3,(H,16,17). The van der Waals surface area contributed by atoms with Gasteiger partial charge in [0, 0.05) is 23.0 Å². The molecule has 0 aliphatic carbocycles. The van der Waals surface area contributed by atoms with Gasteiger partial charge in [-0.15, -0.1) is 0 Å². The Bertz CT molecular complexity index is 635. The molecule has 0 saturated heterocycles. The van der Waals surface area contributed by atoms with Crippen molar-refractivity contribution >= 4 is 22.6 Å². The third-order valence-corrected chi connectivity index (χ3v) is 3.10. The number of aromatic amines is 1. The molecule has 1 aromatic carbocycles. The molecule has 0 spiro atoms. The number of hydrogen-bond acceptors (Lipinski definition) is 2. The normalized spacial score (nSPS) is 10.9. The summed E-state index contributed by atoms with van der Waals surface area (Å²) in [7, 11) is 0. The van der Waals surface area contributed by atoms with E-state index in [2.05, 4.69) is 15.0 Å². The summed E-state index contributed by atoms with van der Waals surface area (Å²) in [6.07, 6.45) is 3.53. The molecule has 1 N–H and O–H groups in total. The second kappa shape index (κ2) is 3.86. The van der Waals surface area contributed by atoms with Crippen LogP contribution in [0.5, 0.6) is 0 Å². The van der Waals surface area contributed by atoms with Crippen molar-refractivity contribution in [2.24, 2.45) is 0 Å². The van der Waals surface area contributed by atoms with Crippen molar-refractivity contribution in [3.05, 3.63) is 47.2 Å². The third-order valence-electron chi connectivity index (χ3n) is 2.70. The molecule has 84 valence electrons. The lowest BCUT2D eigenvalue weighted by Crippen LogP contribution is -1.80. The maximum absolute atomic E-state index is 6.08. The van der Waals surface area contributed by atoms with Gasteiger partial charge in [-0.3, -0.25) is 4.98 Å². The fourth-order valence-electron chi connectivity index (χ4n) is 1.78. The van der Waals surface area contributed by atoms with Crippen LogP contribution in [0.1, 0.15) is 5.56 Å². The highest BCUT2D eigenvalue weighted by molar-refractivity contribution is 6.32. The second-order valence-electron chi connectivity index (χ2n) is 3.95. The zero-order valence-corrected chi connectivity index (χ0v) is 9.99. The van der Waals surface area contributed by atoms with Gasteiger partial charge in [0.25, 0.3) is 0 Å². The maximum atomic E-state index is 6.08. The van der Waals surface area contributed by atoms with Gasteiger partial charge in [-0.2, -0.15) is 0 Å². The van der Waals surface area contributed by atoms with Crippen LogP contribution in [-0.2, 0) is 0 Å². The summed E-state index contributed by atoms with van der Waals surface area (Å²) in [6, 6.07) is 7.74. The highest BCUT2D eigenvalue weighted by atomic mass is 35.5. The first kappa shape index (κ1) is 10.3. The Morgan fingerprint density at radius 2 is 2.18 bits per heavy atom. The lowest BCUT2D eigenvalue weighted by atomic mass is 10.2. The van der Waals surface area contributed by atoms with Crippen LogP contribution >= 0.6 is 11.6 Å². The monoisotopic (exact) mass is 243 g/mol. The van der Waals surface area contributed by atoms with Crippen LogP contribution in [-0.4, -0.2) is 15.0 Å². The lowest BCUT2D eigenvalue weighted by molar-refractivity contribution is 1.27. The van der Waals surface area contributed by atoms with Crippen molar-refractivity contribution in [1.29, 1.82) is 0 Å². The number of halogens is 1. The predicted octanol–water partition coefficient (Wildman–Crippen LogP) is 3.59. The highest BCUT2D eigenvalue weighted by Crippen LogP contribution is 2.24. The number of fused-ring (bicyclic) bond motifs is 1. The fourth-order valence-corrected chi connectivity index (χ4v) is 1.94. The Hall–Kier alpha value is -1.87. The van der Waals surface area contributed by atoms with Crippen molar-refractivity contribution in [3.63, 3.8) is 0 Å². The molecule has 0 amide bonds. The molecular weight excluding hydrogens is 234 g/mol. The zero-order valence-electron chi connectivity index (χ0n) is 9.24. The molecular formula is C13H10ClN3. The quantitative estimate of drug-likeness (QED) is 0.710. The van der Waals surface area contributed by atoms with Crippen molar-refractivity contribution in [2.75, 3.05) is 0 Å². The summed E-state index contributed by atoms with van der Waals surface area (Å²) >= 11 is 6.08. The van der Waals surface area contributed by atoms with Crippen LogP contribution in [0.4, 0.5) is 0 Å². The van der Waals surface area contributed by atoms with E-state index in [9.17, 15) is 0 Å². The van der Waals surface area contributed by atoms with Crippen LogP contribution in [0, 0.1) is 6.92 Å². The number of hydrogen-bond donors (Lipinski definition) is 1. The largest absolute Gasteiger partial charge is 0.338 e. The van der Waals surface area contributed by atoms with E-state index < -0.39 is 0 Å². The van der Waals surface area contributed by atoms with Crippen LogP contribution in [0.15, 0.2) is 36.7 Å². The van der Waals surface area contributed by atoms with Crippen LogP contribution < -0.4 is 0 Å². The first-order valence-corrected chi connectivity index (χ1v) is 5.68. The fraction of sp³-hybridized carbons (Fsp3) is 0.0769. The van der Waals surface area contributed by atoms with Crippen LogP contribution in [0.2, 0.25) is 5.02 Å². The topological polar surface area (TPSA) is 41.6 Å². The van der Waals surface area contributed by atoms with Gasteiger partial charge in [-0.25, -0.2) is 4.98 Å². The predicted molar refractivity (Wildman–Crippen MR) is 69.1 cm³/mol. The van der Waals surface area contributed by atoms with Crippen LogP contribution in [0.3, 0.4) is 0 Å². The Labute approximate surface area is 103 Å². The first-order valence-electron chi connectivity index (χ1n) is 5.30. The molecule has 0 aliphatic heterocycles. The maximum Gasteiger partial charge on any atom is 0.140 e. The van der Waals surface area contributed by atoms with Gasteiger partial charge in [0.15, 0.2) is 0 Å². The van der Waals surface area contributed by atoms with Crippen LogP contribution in [0.25, 0.3) is 22.4 Å². The molecule has 3 rings (SSSR count). The molecule has 3 aromatic rings. The van der Waals surface area contributed by atoms with Crippen molar-refractivity contribution in [3.8, 4) is 11.4 Å². The van der Waals surface area contributed by atoms with E-state index in [4.69, 9.17) is 11.6 Å². The average Bonchev–Trinajstić information content (AvgIpc) is 2.74. The minimum atomic E-state index is 0.738. The lowest BCUT2D eigenvalue weighted by Gasteiger charge is -1.95. The molecule has 4 heteroatoms. The first-order chi connectivity index (χ1) is 8.24. The molecule has 0 saturated carbocycles. The van der Waals surface area contributed by atoms with E-state index in [1.165, 1.54) is 0 Å². The average molecular weight is 244 g/mol. The molecule has 0 unspecified atom stereocenters. The number of imidazole rings is 1. The van der Waals surface area contributed by atoms with Crippen molar-refractivity contribution in [1.82, 2.24) is 15.0 Å². The van der Waals surface area contributed by atoms with E-state index in [0.29, 0.717) is 0 Å². The van der Waals surface area contributed by atoms with Crippen molar-refractivity contribution in [2.45, 2.75) is 6.92 Å². The minimum absolute atomic E-state index is 0.738. The summed E-state index contributed by atoms with van der Waals surface area (Å²) in [6.45, 7) is 1.98. The van der Waals surface area contributed by atoms with Gasteiger partial charge in [0.2, 0.25) is 0 Å². The molecule has 0 aliphatic rings. The number of aromatic nitrogens is 3. The number of nitrogens with one attached hydrogen (secondary N) is 1. The van der Waals surface area contributed by atoms with E-state index in [1.54, 1.807) is 12.4 Å². The van der Waals surface area contributed by atoms with Gasteiger partial charge < -0.3 is 4.98 Å². The number of H-pyrrole nitrogens is 1. The summed E-state index contributed by atoms with van der Waals surface area (Å²) in [4.78, 5) is 11.9. The number of rotatable bonds is 1. The summed E-state index contributed by atoms with van der Waals surface area (Å²) in [5.41, 5.74) is 3.88. The smallest absolute Gasteiger partial charge is 0.140 e. The number of pyridine rings is 1. The Morgan fingerprint density at radius 1 is 1.29 bits per heavy atom. The van der Waals surface area contributed by atoms with E-state index >= 15 is 0 Å². The van der Waals surface area contributed by atoms with E-state index in [1.807, 2.05) is 31.2 Å². The summed E-state index contributed by atoms with van der Waals surface area (Å²) < 4.78 is 0. The number of aryl methyl sites for hydroxylation is 1. The van der Waals surface area contributed by atoms with E-state index in [-0.39, 0.29) is 0 Å². The number of benzene rings is 1. The SMILES string of the molecule is Cc1cc2[nH]c(-c3cccnc3)nc2cc1Cl. The Kier molecular flexibility index (Phi) is 2.34. The molecule has 0 radical (unpaired) electrons. The van der Waals surface area contributed by atoms with Gasteiger partial charge in [-0.05, 0) is 36.8 Å². The molecule has 2 heterocycles. The molecule has 17 heavy (non-hydrogen) atoms. The Balaban J connectivity index is 2.21. The second-order valence-corrected chi connectivity index (χ2v) is 4.35. The Morgan fingerprint density at radius 3 is 2.94 bits per heavy atom. The van der Waals surface area contributed by atoms with Gasteiger partial charge >= 0.3 is 0 Å². The van der Waals surface area contributed by atoms with Gasteiger partial charge in [0.1, 0.15) is 5.82 Å². The minimum Gasteiger partial charge on any atom is -0.338 e. The van der Waals surface area contributed by atoms with Gasteiger partial charge in [0.05, 0.1) is 11.0 Å². The molecule has 0 atom stereocenters. The van der Waals surface area contributed by atoms with Crippen molar-refractivity contribution < 1.29 is 0 Å². The summed E-state index contributed by atoms with van der Waals surface area (Å²) in [5.74, 6) is 0.815. The third kappa shape index (κ3) is 1.78. The van der Waals surface area contributed by atoms with Gasteiger partial charge in [-0.1, -0.05) is 11.6 Å².